The first kappa shape index (κ1) is 23.4. The van der Waals surface area contributed by atoms with Crippen molar-refractivity contribution < 1.29 is 22.7 Å². The number of benzene rings is 2. The SMILES string of the molecule is O=C(CN1CCOCC1)Nc1ccc(NC(=O)c2ccc(S(=O)(=O)N3CCCC3)cc2)cc1. The van der Waals surface area contributed by atoms with Crippen LogP contribution in [0.1, 0.15) is 23.2 Å². The van der Waals surface area contributed by atoms with Crippen molar-refractivity contribution in [2.45, 2.75) is 17.7 Å². The molecule has 0 radical (unpaired) electrons. The topological polar surface area (TPSA) is 108 Å². The molecule has 0 saturated carbocycles. The third-order valence-electron chi connectivity index (χ3n) is 5.72. The Kier molecular flexibility index (Phi) is 7.39. The number of morpholine rings is 1. The molecule has 2 aliphatic rings. The number of amides is 2. The van der Waals surface area contributed by atoms with Gasteiger partial charge in [0.05, 0.1) is 24.7 Å². The second-order valence-electron chi connectivity index (χ2n) is 8.10. The Morgan fingerprint density at radius 1 is 0.818 bits per heavy atom. The van der Waals surface area contributed by atoms with Crippen molar-refractivity contribution in [1.82, 2.24) is 9.21 Å². The van der Waals surface area contributed by atoms with Crippen molar-refractivity contribution in [3.63, 3.8) is 0 Å². The zero-order valence-corrected chi connectivity index (χ0v) is 19.1. The maximum absolute atomic E-state index is 12.6. The predicted octanol–water partition coefficient (Wildman–Crippen LogP) is 1.99. The Labute approximate surface area is 193 Å². The van der Waals surface area contributed by atoms with Gasteiger partial charge in [0.2, 0.25) is 15.9 Å². The largest absolute Gasteiger partial charge is 0.379 e. The van der Waals surface area contributed by atoms with E-state index in [9.17, 15) is 18.0 Å². The number of nitrogens with zero attached hydrogens (tertiary/aromatic N) is 2. The molecule has 2 saturated heterocycles. The fourth-order valence-corrected chi connectivity index (χ4v) is 5.38. The van der Waals surface area contributed by atoms with Gasteiger partial charge in [-0.05, 0) is 61.4 Å². The second kappa shape index (κ2) is 10.4. The minimum atomic E-state index is -3.51. The summed E-state index contributed by atoms with van der Waals surface area (Å²) in [6.45, 7) is 4.14. The number of hydrogen-bond donors (Lipinski definition) is 2. The van der Waals surface area contributed by atoms with Gasteiger partial charge in [-0.15, -0.1) is 0 Å². The van der Waals surface area contributed by atoms with Crippen LogP contribution in [-0.4, -0.2) is 75.4 Å². The molecule has 2 aliphatic heterocycles. The number of carbonyl (C=O) groups is 2. The lowest BCUT2D eigenvalue weighted by Gasteiger charge is -2.25. The first-order chi connectivity index (χ1) is 15.9. The van der Waals surface area contributed by atoms with E-state index in [1.807, 2.05) is 4.90 Å². The Morgan fingerprint density at radius 3 is 2.00 bits per heavy atom. The van der Waals surface area contributed by atoms with E-state index < -0.39 is 10.0 Å². The van der Waals surface area contributed by atoms with E-state index in [1.54, 1.807) is 24.3 Å². The zero-order valence-electron chi connectivity index (χ0n) is 18.3. The molecule has 0 unspecified atom stereocenters. The molecular weight excluding hydrogens is 444 g/mol. The fourth-order valence-electron chi connectivity index (χ4n) is 3.86. The summed E-state index contributed by atoms with van der Waals surface area (Å²) in [4.78, 5) is 27.0. The van der Waals surface area contributed by atoms with Crippen LogP contribution in [0.25, 0.3) is 0 Å². The molecule has 0 bridgehead atoms. The molecule has 0 aliphatic carbocycles. The summed E-state index contributed by atoms with van der Waals surface area (Å²) < 4.78 is 32.0. The maximum atomic E-state index is 12.6. The average molecular weight is 473 g/mol. The van der Waals surface area contributed by atoms with E-state index in [0.29, 0.717) is 49.8 Å². The summed E-state index contributed by atoms with van der Waals surface area (Å²) in [7, 11) is -3.51. The van der Waals surface area contributed by atoms with Crippen LogP contribution in [0.3, 0.4) is 0 Å². The van der Waals surface area contributed by atoms with Crippen molar-refractivity contribution in [3.05, 3.63) is 54.1 Å². The quantitative estimate of drug-likeness (QED) is 0.638. The molecule has 10 heteroatoms. The van der Waals surface area contributed by atoms with Gasteiger partial charge in [-0.25, -0.2) is 8.42 Å². The van der Waals surface area contributed by atoms with Gasteiger partial charge in [-0.2, -0.15) is 4.31 Å². The Balaban J connectivity index is 1.31. The predicted molar refractivity (Wildman–Crippen MR) is 125 cm³/mol. The second-order valence-corrected chi connectivity index (χ2v) is 10.0. The highest BCUT2D eigenvalue weighted by Crippen LogP contribution is 2.21. The van der Waals surface area contributed by atoms with E-state index in [-0.39, 0.29) is 16.7 Å². The molecule has 0 atom stereocenters. The summed E-state index contributed by atoms with van der Waals surface area (Å²) in [5.74, 6) is -0.443. The Bertz CT molecular complexity index is 1070. The van der Waals surface area contributed by atoms with Crippen LogP contribution in [0.5, 0.6) is 0 Å². The standard InChI is InChI=1S/C23H28N4O5S/c28-22(17-26-13-15-32-16-14-26)24-19-5-7-20(8-6-19)25-23(29)18-3-9-21(10-4-18)33(30,31)27-11-1-2-12-27/h3-10H,1-2,11-17H2,(H,24,28)(H,25,29). The van der Waals surface area contributed by atoms with Gasteiger partial charge in [0.15, 0.2) is 0 Å². The minimum Gasteiger partial charge on any atom is -0.379 e. The van der Waals surface area contributed by atoms with Gasteiger partial charge in [0, 0.05) is 43.1 Å². The van der Waals surface area contributed by atoms with Crippen LogP contribution >= 0.6 is 0 Å². The molecule has 2 heterocycles. The Hall–Kier alpha value is -2.79. The molecule has 9 nitrogen and oxygen atoms in total. The molecule has 2 aromatic rings. The molecular formula is C23H28N4O5S. The average Bonchev–Trinajstić information content (AvgIpc) is 3.37. The summed E-state index contributed by atoms with van der Waals surface area (Å²) in [6, 6.07) is 12.8. The van der Waals surface area contributed by atoms with Gasteiger partial charge in [-0.3, -0.25) is 14.5 Å². The van der Waals surface area contributed by atoms with Crippen molar-refractivity contribution in [3.8, 4) is 0 Å². The van der Waals surface area contributed by atoms with Crippen molar-refractivity contribution in [2.24, 2.45) is 0 Å². The lowest BCUT2D eigenvalue weighted by Crippen LogP contribution is -2.41. The van der Waals surface area contributed by atoms with Crippen LogP contribution in [-0.2, 0) is 19.6 Å². The number of nitrogens with one attached hydrogen (secondary N) is 2. The minimum absolute atomic E-state index is 0.0994. The third-order valence-corrected chi connectivity index (χ3v) is 7.63. The maximum Gasteiger partial charge on any atom is 0.255 e. The van der Waals surface area contributed by atoms with E-state index in [0.717, 1.165) is 25.9 Å². The van der Waals surface area contributed by atoms with Crippen molar-refractivity contribution in [1.29, 1.82) is 0 Å². The summed E-state index contributed by atoms with van der Waals surface area (Å²) in [5, 5.41) is 5.63. The summed E-state index contributed by atoms with van der Waals surface area (Å²) in [5.41, 5.74) is 1.57. The molecule has 33 heavy (non-hydrogen) atoms. The van der Waals surface area contributed by atoms with Crippen LogP contribution in [0.4, 0.5) is 11.4 Å². The normalized spacial score (nSPS) is 17.6. The van der Waals surface area contributed by atoms with E-state index in [2.05, 4.69) is 10.6 Å². The van der Waals surface area contributed by atoms with Crippen molar-refractivity contribution >= 4 is 33.2 Å². The van der Waals surface area contributed by atoms with Gasteiger partial charge < -0.3 is 15.4 Å². The number of sulfonamides is 1. The Morgan fingerprint density at radius 2 is 1.39 bits per heavy atom. The number of anilines is 2. The third kappa shape index (κ3) is 5.97. The van der Waals surface area contributed by atoms with Gasteiger partial charge in [-0.1, -0.05) is 0 Å². The van der Waals surface area contributed by atoms with Gasteiger partial charge in [0.1, 0.15) is 0 Å². The highest BCUT2D eigenvalue weighted by Gasteiger charge is 2.27. The molecule has 4 rings (SSSR count). The zero-order chi connectivity index (χ0) is 23.3. The van der Waals surface area contributed by atoms with Crippen LogP contribution < -0.4 is 10.6 Å². The highest BCUT2D eigenvalue weighted by molar-refractivity contribution is 7.89. The number of rotatable bonds is 7. The highest BCUT2D eigenvalue weighted by atomic mass is 32.2. The monoisotopic (exact) mass is 472 g/mol. The van der Waals surface area contributed by atoms with Crippen molar-refractivity contribution in [2.75, 3.05) is 56.6 Å². The molecule has 2 amide bonds. The number of carbonyl (C=O) groups excluding carboxylic acids is 2. The number of hydrogen-bond acceptors (Lipinski definition) is 6. The first-order valence-corrected chi connectivity index (χ1v) is 12.5. The molecule has 2 N–H and O–H groups in total. The first-order valence-electron chi connectivity index (χ1n) is 11.0. The van der Waals surface area contributed by atoms with Gasteiger partial charge >= 0.3 is 0 Å². The number of ether oxygens (including phenoxy) is 1. The molecule has 2 fully saturated rings. The molecule has 176 valence electrons. The summed E-state index contributed by atoms with van der Waals surface area (Å²) in [6.07, 6.45) is 1.74. The molecule has 0 spiro atoms. The van der Waals surface area contributed by atoms with Crippen LogP contribution in [0.15, 0.2) is 53.4 Å². The van der Waals surface area contributed by atoms with E-state index in [4.69, 9.17) is 4.74 Å². The van der Waals surface area contributed by atoms with Crippen LogP contribution in [0.2, 0.25) is 0 Å². The van der Waals surface area contributed by atoms with Crippen LogP contribution in [0, 0.1) is 0 Å². The summed E-state index contributed by atoms with van der Waals surface area (Å²) >= 11 is 0. The van der Waals surface area contributed by atoms with E-state index >= 15 is 0 Å². The molecule has 0 aromatic heterocycles. The smallest absolute Gasteiger partial charge is 0.255 e. The fraction of sp³-hybridized carbons (Fsp3) is 0.391. The lowest BCUT2D eigenvalue weighted by molar-refractivity contribution is -0.118. The van der Waals surface area contributed by atoms with E-state index in [1.165, 1.54) is 28.6 Å². The lowest BCUT2D eigenvalue weighted by atomic mass is 10.2. The molecule has 2 aromatic carbocycles. The van der Waals surface area contributed by atoms with Gasteiger partial charge in [0.25, 0.3) is 5.91 Å².